The zero-order valence-corrected chi connectivity index (χ0v) is 7.17. The van der Waals surface area contributed by atoms with Crippen molar-refractivity contribution >= 4 is 19.6 Å². The van der Waals surface area contributed by atoms with Gasteiger partial charge in [0.25, 0.3) is 0 Å². The number of rotatable bonds is 1. The lowest BCUT2D eigenvalue weighted by atomic mass is 9.97. The smallest absolute Gasteiger partial charge is 0.499 e. The normalized spacial score (nSPS) is 16.9. The predicted molar refractivity (Wildman–Crippen MR) is 47.1 cm³/mol. The molecule has 1 fully saturated rings. The van der Waals surface area contributed by atoms with E-state index in [0.29, 0.717) is 5.56 Å². The molecule has 0 unspecified atom stereocenters. The second-order valence-electron chi connectivity index (χ2n) is 2.81. The molecular formula is C9H6BO4. The lowest BCUT2D eigenvalue weighted by Crippen LogP contribution is -2.34. The highest BCUT2D eigenvalue weighted by Gasteiger charge is 2.36. The molecule has 4 nitrogen and oxygen atoms in total. The quantitative estimate of drug-likeness (QED) is 0.474. The highest BCUT2D eigenvalue weighted by molar-refractivity contribution is 6.31. The van der Waals surface area contributed by atoms with E-state index in [2.05, 4.69) is 9.31 Å². The first kappa shape index (κ1) is 8.81. The molecule has 1 aromatic rings. The molecule has 0 spiro atoms. The van der Waals surface area contributed by atoms with Gasteiger partial charge in [0.05, 0.1) is 0 Å². The van der Waals surface area contributed by atoms with E-state index in [9.17, 15) is 9.59 Å². The zero-order valence-electron chi connectivity index (χ0n) is 7.17. The third-order valence-corrected chi connectivity index (χ3v) is 1.93. The van der Waals surface area contributed by atoms with Gasteiger partial charge in [0.1, 0.15) is 0 Å². The fourth-order valence-electron chi connectivity index (χ4n) is 1.27. The van der Waals surface area contributed by atoms with E-state index < -0.39 is 17.9 Å². The molecule has 14 heavy (non-hydrogen) atoms. The lowest BCUT2D eigenvalue weighted by molar-refractivity contribution is -0.153. The van der Waals surface area contributed by atoms with Crippen LogP contribution in [0.2, 0.25) is 0 Å². The van der Waals surface area contributed by atoms with Crippen molar-refractivity contribution in [2.45, 2.75) is 5.92 Å². The van der Waals surface area contributed by atoms with Crippen molar-refractivity contribution in [1.29, 1.82) is 0 Å². The third-order valence-electron chi connectivity index (χ3n) is 1.93. The zero-order chi connectivity index (χ0) is 9.97. The van der Waals surface area contributed by atoms with Gasteiger partial charge in [-0.1, -0.05) is 30.3 Å². The van der Waals surface area contributed by atoms with E-state index in [4.69, 9.17) is 0 Å². The van der Waals surface area contributed by atoms with Gasteiger partial charge in [-0.05, 0) is 5.56 Å². The van der Waals surface area contributed by atoms with E-state index in [1.54, 1.807) is 30.3 Å². The van der Waals surface area contributed by atoms with E-state index in [-0.39, 0.29) is 0 Å². The number of carbonyl (C=O) groups is 2. The fraction of sp³-hybridized carbons (Fsp3) is 0.111. The monoisotopic (exact) mass is 189 g/mol. The van der Waals surface area contributed by atoms with Gasteiger partial charge in [0.15, 0.2) is 5.92 Å². The molecule has 0 amide bonds. The Bertz CT molecular complexity index is 346. The molecule has 1 aliphatic rings. The average molecular weight is 189 g/mol. The molecule has 1 radical (unpaired) electrons. The highest BCUT2D eigenvalue weighted by atomic mass is 16.6. The number of hydrogen-bond acceptors (Lipinski definition) is 4. The summed E-state index contributed by atoms with van der Waals surface area (Å²) >= 11 is 0. The van der Waals surface area contributed by atoms with Gasteiger partial charge < -0.3 is 9.31 Å². The first-order chi connectivity index (χ1) is 6.79. The molecule has 1 aromatic carbocycles. The first-order valence-electron chi connectivity index (χ1n) is 4.06. The molecule has 0 aliphatic carbocycles. The van der Waals surface area contributed by atoms with Gasteiger partial charge in [0.2, 0.25) is 0 Å². The number of hydrogen-bond donors (Lipinski definition) is 0. The van der Waals surface area contributed by atoms with Crippen LogP contribution < -0.4 is 0 Å². The third kappa shape index (κ3) is 1.48. The van der Waals surface area contributed by atoms with Gasteiger partial charge in [-0.2, -0.15) is 0 Å². The molecule has 69 valence electrons. The molecule has 0 bridgehead atoms. The van der Waals surface area contributed by atoms with Crippen LogP contribution in [-0.4, -0.2) is 19.6 Å². The molecular weight excluding hydrogens is 183 g/mol. The summed E-state index contributed by atoms with van der Waals surface area (Å²) in [5.41, 5.74) is 0.579. The minimum absolute atomic E-state index is 0.579. The summed E-state index contributed by atoms with van der Waals surface area (Å²) in [4.78, 5) is 22.5. The second-order valence-corrected chi connectivity index (χ2v) is 2.81. The molecule has 1 saturated heterocycles. The Morgan fingerprint density at radius 1 is 1.00 bits per heavy atom. The molecule has 2 rings (SSSR count). The van der Waals surface area contributed by atoms with Crippen molar-refractivity contribution in [2.75, 3.05) is 0 Å². The summed E-state index contributed by atoms with van der Waals surface area (Å²) in [6, 6.07) is 8.65. The maximum absolute atomic E-state index is 11.3. The van der Waals surface area contributed by atoms with Gasteiger partial charge >= 0.3 is 19.6 Å². The molecule has 0 atom stereocenters. The van der Waals surface area contributed by atoms with E-state index in [0.717, 1.165) is 7.69 Å². The summed E-state index contributed by atoms with van der Waals surface area (Å²) in [5.74, 6) is -2.17. The summed E-state index contributed by atoms with van der Waals surface area (Å²) in [6.45, 7) is 0. The Hall–Kier alpha value is -1.78. The van der Waals surface area contributed by atoms with Crippen LogP contribution >= 0.6 is 0 Å². The maximum atomic E-state index is 11.3. The number of carbonyl (C=O) groups excluding carboxylic acids is 2. The van der Waals surface area contributed by atoms with Crippen molar-refractivity contribution in [3.05, 3.63) is 35.9 Å². The summed E-state index contributed by atoms with van der Waals surface area (Å²) in [7, 11) is 0.754. The number of benzene rings is 1. The van der Waals surface area contributed by atoms with Crippen LogP contribution in [0, 0.1) is 0 Å². The van der Waals surface area contributed by atoms with Crippen molar-refractivity contribution in [3.8, 4) is 0 Å². The Kier molecular flexibility index (Phi) is 2.22. The molecule has 0 saturated carbocycles. The van der Waals surface area contributed by atoms with Gasteiger partial charge in [-0.25, -0.2) is 0 Å². The van der Waals surface area contributed by atoms with Crippen LogP contribution in [0.1, 0.15) is 11.5 Å². The van der Waals surface area contributed by atoms with Crippen molar-refractivity contribution in [1.82, 2.24) is 0 Å². The largest absolute Gasteiger partial charge is 0.662 e. The maximum Gasteiger partial charge on any atom is 0.662 e. The fourth-order valence-corrected chi connectivity index (χ4v) is 1.27. The summed E-state index contributed by atoms with van der Waals surface area (Å²) in [6.07, 6.45) is 0. The van der Waals surface area contributed by atoms with Gasteiger partial charge in [0, 0.05) is 0 Å². The van der Waals surface area contributed by atoms with Gasteiger partial charge in [-0.15, -0.1) is 0 Å². The molecule has 1 aliphatic heterocycles. The predicted octanol–water partition coefficient (Wildman–Crippen LogP) is 0.404. The SMILES string of the molecule is O=C1O[B]OC(=O)C1c1ccccc1. The second kappa shape index (κ2) is 3.53. The minimum atomic E-state index is -0.957. The molecule has 0 aromatic heterocycles. The molecule has 0 N–H and O–H groups in total. The van der Waals surface area contributed by atoms with Crippen molar-refractivity contribution in [2.24, 2.45) is 0 Å². The van der Waals surface area contributed by atoms with Crippen LogP contribution in [0.5, 0.6) is 0 Å². The van der Waals surface area contributed by atoms with E-state index in [1.165, 1.54) is 0 Å². The van der Waals surface area contributed by atoms with Crippen molar-refractivity contribution in [3.63, 3.8) is 0 Å². The average Bonchev–Trinajstić information content (AvgIpc) is 2.19. The van der Waals surface area contributed by atoms with Crippen LogP contribution in [-0.2, 0) is 18.9 Å². The van der Waals surface area contributed by atoms with Gasteiger partial charge in [-0.3, -0.25) is 9.59 Å². The van der Waals surface area contributed by atoms with Crippen molar-refractivity contribution < 1.29 is 18.9 Å². The van der Waals surface area contributed by atoms with Crippen LogP contribution in [0.25, 0.3) is 0 Å². The minimum Gasteiger partial charge on any atom is -0.499 e. The Labute approximate surface area is 81.1 Å². The van der Waals surface area contributed by atoms with E-state index >= 15 is 0 Å². The topological polar surface area (TPSA) is 52.6 Å². The standard InChI is InChI=1S/C9H6BO4/c11-8-7(9(12)14-10-13-8)6-4-2-1-3-5-6/h1-5,7H. The highest BCUT2D eigenvalue weighted by Crippen LogP contribution is 2.21. The molecule has 5 heteroatoms. The Morgan fingerprint density at radius 2 is 1.57 bits per heavy atom. The summed E-state index contributed by atoms with van der Waals surface area (Å²) < 4.78 is 9.02. The first-order valence-corrected chi connectivity index (χ1v) is 4.06. The van der Waals surface area contributed by atoms with E-state index in [1.807, 2.05) is 0 Å². The Balaban J connectivity index is 2.32. The lowest BCUT2D eigenvalue weighted by Gasteiger charge is -2.19. The van der Waals surface area contributed by atoms with Crippen LogP contribution in [0.15, 0.2) is 30.3 Å². The molecule has 1 heterocycles. The Morgan fingerprint density at radius 3 is 2.14 bits per heavy atom. The van der Waals surface area contributed by atoms with Crippen LogP contribution in [0.4, 0.5) is 0 Å². The summed E-state index contributed by atoms with van der Waals surface area (Å²) in [5, 5.41) is 0. The van der Waals surface area contributed by atoms with Crippen LogP contribution in [0.3, 0.4) is 0 Å².